The third-order valence-electron chi connectivity index (χ3n) is 2.81. The van der Waals surface area contributed by atoms with Crippen LogP contribution in [0.25, 0.3) is 0 Å². The Morgan fingerprint density at radius 1 is 1.00 bits per heavy atom. The van der Waals surface area contributed by atoms with Crippen LogP contribution in [0.1, 0.15) is 33.1 Å². The van der Waals surface area contributed by atoms with Gasteiger partial charge in [-0.3, -0.25) is 0 Å². The minimum atomic E-state index is 0.874. The number of hydrogen-bond donors (Lipinski definition) is 0. The average Bonchev–Trinajstić information content (AvgIpc) is 1.82. The number of hydrogen-bond acceptors (Lipinski definition) is 0. The van der Waals surface area contributed by atoms with E-state index < -0.39 is 0 Å². The topological polar surface area (TPSA) is 0 Å². The third-order valence-corrected chi connectivity index (χ3v) is 2.81. The van der Waals surface area contributed by atoms with Crippen molar-refractivity contribution < 1.29 is 0 Å². The molecule has 0 heteroatoms. The lowest BCUT2D eigenvalue weighted by molar-refractivity contribution is 0.419. The maximum atomic E-state index is 2.48. The maximum absolute atomic E-state index is 2.48. The summed E-state index contributed by atoms with van der Waals surface area (Å²) >= 11 is 0. The van der Waals surface area contributed by atoms with Crippen molar-refractivity contribution >= 4 is 0 Å². The highest BCUT2D eigenvalue weighted by atomic mass is 14.3. The lowest BCUT2D eigenvalue weighted by atomic mass is 9.75. The Morgan fingerprint density at radius 3 is 1.91 bits per heavy atom. The molecule has 0 heterocycles. The van der Waals surface area contributed by atoms with Crippen LogP contribution in [0.15, 0.2) is 23.3 Å². The van der Waals surface area contributed by atoms with Gasteiger partial charge < -0.3 is 0 Å². The van der Waals surface area contributed by atoms with E-state index in [1.807, 2.05) is 0 Å². The highest BCUT2D eigenvalue weighted by Crippen LogP contribution is 2.37. The van der Waals surface area contributed by atoms with Gasteiger partial charge in [0.2, 0.25) is 0 Å². The zero-order valence-electron chi connectivity index (χ0n) is 7.43. The van der Waals surface area contributed by atoms with E-state index in [1.165, 1.54) is 19.3 Å². The van der Waals surface area contributed by atoms with Crippen molar-refractivity contribution in [3.8, 4) is 0 Å². The molecule has 0 radical (unpaired) electrons. The molecule has 11 heavy (non-hydrogen) atoms. The number of fused-ring (bicyclic) bond motifs is 2. The van der Waals surface area contributed by atoms with Gasteiger partial charge in [0.25, 0.3) is 0 Å². The fourth-order valence-electron chi connectivity index (χ4n) is 2.58. The molecule has 0 aliphatic heterocycles. The molecule has 2 atom stereocenters. The second-order valence-electron chi connectivity index (χ2n) is 4.19. The van der Waals surface area contributed by atoms with E-state index in [0.717, 1.165) is 11.8 Å². The first kappa shape index (κ1) is 7.15. The zero-order valence-corrected chi connectivity index (χ0v) is 7.43. The minimum absolute atomic E-state index is 0.874. The van der Waals surface area contributed by atoms with Gasteiger partial charge in [-0.15, -0.1) is 0 Å². The van der Waals surface area contributed by atoms with Gasteiger partial charge >= 0.3 is 0 Å². The Kier molecular flexibility index (Phi) is 1.63. The predicted octanol–water partition coefficient (Wildman–Crippen LogP) is 3.31. The van der Waals surface area contributed by atoms with Crippen molar-refractivity contribution in [2.45, 2.75) is 33.1 Å². The van der Waals surface area contributed by atoms with Crippen LogP contribution in [0.2, 0.25) is 0 Å². The average molecular weight is 148 g/mol. The molecule has 0 aromatic rings. The Labute approximate surface area is 69.0 Å². The Morgan fingerprint density at radius 2 is 1.45 bits per heavy atom. The molecular weight excluding hydrogens is 132 g/mol. The molecule has 0 nitrogen and oxygen atoms in total. The largest absolute Gasteiger partial charge is 0.0821 e. The molecule has 0 N–H and O–H groups in total. The first-order valence-corrected chi connectivity index (χ1v) is 4.58. The van der Waals surface area contributed by atoms with E-state index in [4.69, 9.17) is 0 Å². The Bertz CT molecular complexity index is 196. The van der Waals surface area contributed by atoms with E-state index in [2.05, 4.69) is 26.0 Å². The molecule has 60 valence electrons. The van der Waals surface area contributed by atoms with Crippen LogP contribution in [-0.4, -0.2) is 0 Å². The zero-order chi connectivity index (χ0) is 7.84. The summed E-state index contributed by atoms with van der Waals surface area (Å²) in [6, 6.07) is 0. The van der Waals surface area contributed by atoms with Gasteiger partial charge in [0.15, 0.2) is 0 Å². The molecule has 2 aliphatic carbocycles. The Hall–Kier alpha value is -0.520. The molecule has 0 amide bonds. The summed E-state index contributed by atoms with van der Waals surface area (Å²) in [7, 11) is 0. The summed E-state index contributed by atoms with van der Waals surface area (Å²) in [5.41, 5.74) is 3.21. The number of rotatable bonds is 0. The van der Waals surface area contributed by atoms with Crippen molar-refractivity contribution in [1.82, 2.24) is 0 Å². The molecule has 0 aromatic carbocycles. The van der Waals surface area contributed by atoms with E-state index in [9.17, 15) is 0 Å². The summed E-state index contributed by atoms with van der Waals surface area (Å²) < 4.78 is 0. The molecule has 2 unspecified atom stereocenters. The van der Waals surface area contributed by atoms with E-state index in [0.29, 0.717) is 0 Å². The molecular formula is C11H16. The SMILES string of the molecule is CC1=CC2CC(C)=CC(C1)C2. The predicted molar refractivity (Wildman–Crippen MR) is 48.3 cm³/mol. The van der Waals surface area contributed by atoms with Gasteiger partial charge in [0, 0.05) is 0 Å². The molecule has 0 aromatic heterocycles. The van der Waals surface area contributed by atoms with Crippen LogP contribution in [0.5, 0.6) is 0 Å². The Balaban J connectivity index is 2.22. The van der Waals surface area contributed by atoms with Crippen molar-refractivity contribution in [2.75, 3.05) is 0 Å². The normalized spacial score (nSPS) is 36.2. The van der Waals surface area contributed by atoms with Gasteiger partial charge in [0.05, 0.1) is 0 Å². The number of allylic oxidation sites excluding steroid dienone is 4. The van der Waals surface area contributed by atoms with Crippen LogP contribution < -0.4 is 0 Å². The lowest BCUT2D eigenvalue weighted by Gasteiger charge is -2.30. The van der Waals surface area contributed by atoms with E-state index >= 15 is 0 Å². The molecule has 2 aliphatic rings. The fourth-order valence-corrected chi connectivity index (χ4v) is 2.58. The fraction of sp³-hybridized carbons (Fsp3) is 0.636. The van der Waals surface area contributed by atoms with Crippen LogP contribution in [0.3, 0.4) is 0 Å². The van der Waals surface area contributed by atoms with Crippen molar-refractivity contribution in [3.63, 3.8) is 0 Å². The van der Waals surface area contributed by atoms with E-state index in [-0.39, 0.29) is 0 Å². The van der Waals surface area contributed by atoms with Crippen LogP contribution >= 0.6 is 0 Å². The van der Waals surface area contributed by atoms with Gasteiger partial charge in [-0.2, -0.15) is 0 Å². The monoisotopic (exact) mass is 148 g/mol. The molecule has 0 saturated heterocycles. The molecule has 2 rings (SSSR count). The van der Waals surface area contributed by atoms with Crippen LogP contribution in [-0.2, 0) is 0 Å². The van der Waals surface area contributed by atoms with Crippen molar-refractivity contribution in [1.29, 1.82) is 0 Å². The first-order valence-electron chi connectivity index (χ1n) is 4.58. The van der Waals surface area contributed by atoms with Crippen molar-refractivity contribution in [2.24, 2.45) is 11.8 Å². The summed E-state index contributed by atoms with van der Waals surface area (Å²) in [4.78, 5) is 0. The van der Waals surface area contributed by atoms with Crippen LogP contribution in [0.4, 0.5) is 0 Å². The van der Waals surface area contributed by atoms with Crippen molar-refractivity contribution in [3.05, 3.63) is 23.3 Å². The second-order valence-corrected chi connectivity index (χ2v) is 4.19. The van der Waals surface area contributed by atoms with Gasteiger partial charge in [-0.1, -0.05) is 23.3 Å². The highest BCUT2D eigenvalue weighted by Gasteiger charge is 2.23. The molecule has 0 fully saturated rings. The third kappa shape index (κ3) is 1.40. The highest BCUT2D eigenvalue weighted by molar-refractivity contribution is 5.19. The summed E-state index contributed by atoms with van der Waals surface area (Å²) in [6.45, 7) is 4.54. The smallest absolute Gasteiger partial charge is 0.0188 e. The second kappa shape index (κ2) is 2.51. The molecule has 2 bridgehead atoms. The minimum Gasteiger partial charge on any atom is -0.0821 e. The summed E-state index contributed by atoms with van der Waals surface area (Å²) in [5.74, 6) is 1.75. The van der Waals surface area contributed by atoms with Crippen LogP contribution in [0, 0.1) is 11.8 Å². The molecule has 0 spiro atoms. The van der Waals surface area contributed by atoms with Gasteiger partial charge in [0.1, 0.15) is 0 Å². The van der Waals surface area contributed by atoms with E-state index in [1.54, 1.807) is 11.1 Å². The quantitative estimate of drug-likeness (QED) is 0.462. The standard InChI is InChI=1S/C11H16/c1-8-3-10-5-9(2)6-11(4-8)7-10/h3,6,10-11H,4-5,7H2,1-2H3. The van der Waals surface area contributed by atoms with Gasteiger partial charge in [-0.05, 0) is 44.9 Å². The first-order chi connectivity index (χ1) is 5.24. The van der Waals surface area contributed by atoms with Gasteiger partial charge in [-0.25, -0.2) is 0 Å². The summed E-state index contributed by atoms with van der Waals surface area (Å²) in [5, 5.41) is 0. The maximum Gasteiger partial charge on any atom is -0.0188 e. The lowest BCUT2D eigenvalue weighted by Crippen LogP contribution is -2.17. The molecule has 0 saturated carbocycles. The summed E-state index contributed by atoms with van der Waals surface area (Å²) in [6.07, 6.45) is 9.00.